The summed E-state index contributed by atoms with van der Waals surface area (Å²) in [6.45, 7) is 12.5. The van der Waals surface area contributed by atoms with Crippen LogP contribution in [0.1, 0.15) is 32.3 Å². The van der Waals surface area contributed by atoms with Crippen molar-refractivity contribution in [2.75, 3.05) is 13.2 Å². The molecule has 1 amide bonds. The van der Waals surface area contributed by atoms with E-state index in [1.807, 2.05) is 38.2 Å². The van der Waals surface area contributed by atoms with E-state index in [1.54, 1.807) is 4.90 Å². The fraction of sp³-hybridized carbons (Fsp3) is 0.474. The second-order valence-electron chi connectivity index (χ2n) is 6.34. The van der Waals surface area contributed by atoms with Crippen LogP contribution in [0.4, 0.5) is 0 Å². The zero-order chi connectivity index (χ0) is 17.1. The van der Waals surface area contributed by atoms with Gasteiger partial charge >= 0.3 is 6.17 Å². The summed E-state index contributed by atoms with van der Waals surface area (Å²) in [6, 6.07) is 5.98. The summed E-state index contributed by atoms with van der Waals surface area (Å²) < 4.78 is 5.58. The van der Waals surface area contributed by atoms with Crippen molar-refractivity contribution < 1.29 is 9.53 Å². The summed E-state index contributed by atoms with van der Waals surface area (Å²) in [4.78, 5) is 21.3. The summed E-state index contributed by atoms with van der Waals surface area (Å²) in [6.07, 6.45) is 4.09. The van der Waals surface area contributed by atoms with Gasteiger partial charge in [0.05, 0.1) is 6.61 Å². The molecule has 142 valence electrons. The first-order valence-electron chi connectivity index (χ1n) is 8.54. The number of aromatic nitrogens is 1. The molecule has 2 heterocycles. The molecular weight excluding hydrogens is 366 g/mol. The smallest absolute Gasteiger partial charge is 0.300 e. The molecule has 0 saturated carbocycles. The molecule has 0 aliphatic carbocycles. The lowest BCUT2D eigenvalue weighted by Crippen LogP contribution is -2.38. The zero-order valence-electron chi connectivity index (χ0n) is 15.2. The number of hydrogen-bond donors (Lipinski definition) is 1. The standard InChI is InChI=1S/C19H23N3O2.2H2S/c1-4-24-15-7-8-17-16(11-15)14(12-21-17)10-13(2)19(23)22-9-5-6-18(22)20-3;;/h7-8,11-13,18,21H,4-6,9-10H2,1-2H3;2*1H2/t13-,18-;;/m0../s1. The van der Waals surface area contributed by atoms with E-state index >= 15 is 0 Å². The van der Waals surface area contributed by atoms with Crippen molar-refractivity contribution in [1.29, 1.82) is 0 Å². The van der Waals surface area contributed by atoms with E-state index in [0.717, 1.165) is 35.1 Å². The highest BCUT2D eigenvalue weighted by atomic mass is 32.1. The average molecular weight is 394 g/mol. The summed E-state index contributed by atoms with van der Waals surface area (Å²) in [7, 11) is 0. The number of aromatic amines is 1. The molecule has 5 nitrogen and oxygen atoms in total. The van der Waals surface area contributed by atoms with Gasteiger partial charge in [0, 0.05) is 36.0 Å². The van der Waals surface area contributed by atoms with Gasteiger partial charge < -0.3 is 9.72 Å². The first kappa shape index (κ1) is 22.3. The third-order valence-corrected chi connectivity index (χ3v) is 4.65. The molecule has 1 fully saturated rings. The van der Waals surface area contributed by atoms with Crippen LogP contribution in [-0.2, 0) is 11.2 Å². The minimum atomic E-state index is -0.271. The maximum atomic E-state index is 12.7. The molecular formula is C19H27N3O2S2. The summed E-state index contributed by atoms with van der Waals surface area (Å²) in [5.74, 6) is 0.795. The number of nitrogens with one attached hydrogen (secondary N) is 1. The number of likely N-dealkylation sites (tertiary alicyclic amines) is 1. The van der Waals surface area contributed by atoms with Crippen LogP contribution in [0.2, 0.25) is 0 Å². The molecule has 1 aliphatic rings. The predicted octanol–water partition coefficient (Wildman–Crippen LogP) is 3.84. The van der Waals surface area contributed by atoms with Crippen molar-refractivity contribution in [3.63, 3.8) is 0 Å². The number of carbonyl (C=O) groups excluding carboxylic acids is 1. The minimum Gasteiger partial charge on any atom is -0.494 e. The van der Waals surface area contributed by atoms with Gasteiger partial charge in [-0.05, 0) is 43.5 Å². The van der Waals surface area contributed by atoms with Crippen molar-refractivity contribution >= 4 is 43.8 Å². The Bertz CT molecular complexity index is 785. The van der Waals surface area contributed by atoms with Crippen molar-refractivity contribution in [2.24, 2.45) is 5.92 Å². The van der Waals surface area contributed by atoms with E-state index in [1.165, 1.54) is 0 Å². The maximum Gasteiger partial charge on any atom is 0.300 e. The molecule has 0 radical (unpaired) electrons. The molecule has 2 atom stereocenters. The van der Waals surface area contributed by atoms with Gasteiger partial charge in [-0.2, -0.15) is 27.0 Å². The normalized spacial score (nSPS) is 17.1. The number of hydrogen-bond acceptors (Lipinski definition) is 2. The zero-order valence-corrected chi connectivity index (χ0v) is 17.2. The van der Waals surface area contributed by atoms with E-state index in [0.29, 0.717) is 19.6 Å². The first-order chi connectivity index (χ1) is 11.6. The molecule has 0 spiro atoms. The number of rotatable bonds is 5. The van der Waals surface area contributed by atoms with Gasteiger partial charge in [-0.15, -0.1) is 0 Å². The molecule has 3 rings (SSSR count). The number of benzene rings is 1. The predicted molar refractivity (Wildman–Crippen MR) is 114 cm³/mol. The van der Waals surface area contributed by atoms with Crippen LogP contribution < -0.4 is 4.74 Å². The monoisotopic (exact) mass is 393 g/mol. The summed E-state index contributed by atoms with van der Waals surface area (Å²) in [5, 5.41) is 1.10. The van der Waals surface area contributed by atoms with Gasteiger partial charge in [-0.3, -0.25) is 14.5 Å². The van der Waals surface area contributed by atoms with Crippen molar-refractivity contribution in [2.45, 2.75) is 39.3 Å². The first-order valence-corrected chi connectivity index (χ1v) is 8.54. The molecule has 0 bridgehead atoms. The topological polar surface area (TPSA) is 49.7 Å². The number of fused-ring (bicyclic) bond motifs is 1. The molecule has 26 heavy (non-hydrogen) atoms. The second kappa shape index (κ2) is 9.79. The number of amides is 1. The Morgan fingerprint density at radius 3 is 2.92 bits per heavy atom. The van der Waals surface area contributed by atoms with Crippen molar-refractivity contribution in [3.05, 3.63) is 41.4 Å². The minimum absolute atomic E-state index is 0. The molecule has 7 heteroatoms. The van der Waals surface area contributed by atoms with Crippen molar-refractivity contribution in [3.8, 4) is 5.75 Å². The van der Waals surface area contributed by atoms with E-state index in [4.69, 9.17) is 11.3 Å². The van der Waals surface area contributed by atoms with Crippen LogP contribution >= 0.6 is 27.0 Å². The van der Waals surface area contributed by atoms with Crippen LogP contribution in [0.5, 0.6) is 5.75 Å². The molecule has 1 aliphatic heterocycles. The largest absolute Gasteiger partial charge is 0.494 e. The van der Waals surface area contributed by atoms with E-state index in [-0.39, 0.29) is 45.0 Å². The lowest BCUT2D eigenvalue weighted by atomic mass is 9.99. The Hall–Kier alpha value is -1.78. The quantitative estimate of drug-likeness (QED) is 0.785. The lowest BCUT2D eigenvalue weighted by Gasteiger charge is -2.20. The molecule has 1 aromatic heterocycles. The van der Waals surface area contributed by atoms with Gasteiger partial charge in [-0.1, -0.05) is 6.92 Å². The Kier molecular flexibility index (Phi) is 8.38. The molecule has 2 aromatic rings. The number of carbonyl (C=O) groups is 1. The third kappa shape index (κ3) is 4.49. The summed E-state index contributed by atoms with van der Waals surface area (Å²) in [5.41, 5.74) is 2.17. The fourth-order valence-electron chi connectivity index (χ4n) is 3.42. The van der Waals surface area contributed by atoms with Gasteiger partial charge in [-0.25, -0.2) is 6.57 Å². The maximum absolute atomic E-state index is 12.7. The van der Waals surface area contributed by atoms with Gasteiger partial charge in [0.25, 0.3) is 0 Å². The highest BCUT2D eigenvalue weighted by Gasteiger charge is 2.35. The van der Waals surface area contributed by atoms with E-state index in [9.17, 15) is 4.79 Å². The highest BCUT2D eigenvalue weighted by Crippen LogP contribution is 2.27. The molecule has 0 unspecified atom stereocenters. The van der Waals surface area contributed by atoms with E-state index in [2.05, 4.69) is 9.83 Å². The van der Waals surface area contributed by atoms with Crippen LogP contribution in [0.15, 0.2) is 24.4 Å². The van der Waals surface area contributed by atoms with Gasteiger partial charge in [0.2, 0.25) is 5.91 Å². The molecule has 1 saturated heterocycles. The van der Waals surface area contributed by atoms with Gasteiger partial charge in [0.15, 0.2) is 0 Å². The van der Waals surface area contributed by atoms with Crippen LogP contribution in [-0.4, -0.2) is 35.1 Å². The Labute approximate surface area is 168 Å². The van der Waals surface area contributed by atoms with Crippen LogP contribution in [0.25, 0.3) is 15.7 Å². The van der Waals surface area contributed by atoms with E-state index < -0.39 is 0 Å². The second-order valence-corrected chi connectivity index (χ2v) is 6.34. The fourth-order valence-corrected chi connectivity index (χ4v) is 3.42. The highest BCUT2D eigenvalue weighted by molar-refractivity contribution is 7.59. The average Bonchev–Trinajstić information content (AvgIpc) is 3.21. The van der Waals surface area contributed by atoms with Crippen LogP contribution in [0.3, 0.4) is 0 Å². The van der Waals surface area contributed by atoms with Crippen LogP contribution in [0, 0.1) is 12.5 Å². The Morgan fingerprint density at radius 2 is 2.23 bits per heavy atom. The summed E-state index contributed by atoms with van der Waals surface area (Å²) >= 11 is 0. The van der Waals surface area contributed by atoms with Crippen molar-refractivity contribution in [1.82, 2.24) is 9.88 Å². The number of ether oxygens (including phenoxy) is 1. The Balaban J connectivity index is 0.00000169. The lowest BCUT2D eigenvalue weighted by molar-refractivity contribution is -0.135. The molecule has 1 N–H and O–H groups in total. The van der Waals surface area contributed by atoms with Gasteiger partial charge in [0.1, 0.15) is 5.75 Å². The Morgan fingerprint density at radius 1 is 1.46 bits per heavy atom. The third-order valence-electron chi connectivity index (χ3n) is 4.65. The number of H-pyrrole nitrogens is 1. The SMILES string of the molecule is S.S.[C-]#[N+][C@@H]1CCCN1C(=O)[C@@H](C)Cc1c[nH]c2ccc(OCC)cc12. The number of nitrogens with zero attached hydrogens (tertiary/aromatic N) is 2. The molecule has 1 aromatic carbocycles.